The standard InChI is InChI=1S/C21H24N4O2/c1-17-7-6-8-18(15-17)27-20-10-3-2-9-19(20)24-21(26)23-11-4-5-13-25-14-12-22-16-25/h2-3,6-10,12,14-16H,4-5,11,13H2,1H3,(H2,23,24,26). The van der Waals surface area contributed by atoms with Crippen molar-refractivity contribution in [3.8, 4) is 11.5 Å². The number of aryl methyl sites for hydroxylation is 2. The zero-order valence-electron chi connectivity index (χ0n) is 15.4. The number of amides is 2. The van der Waals surface area contributed by atoms with E-state index in [4.69, 9.17) is 4.74 Å². The van der Waals surface area contributed by atoms with E-state index in [1.54, 1.807) is 12.5 Å². The van der Waals surface area contributed by atoms with Gasteiger partial charge in [0.2, 0.25) is 0 Å². The van der Waals surface area contributed by atoms with Gasteiger partial charge in [-0.1, -0.05) is 24.3 Å². The Morgan fingerprint density at radius 1 is 1.15 bits per heavy atom. The van der Waals surface area contributed by atoms with Crippen molar-refractivity contribution in [3.05, 3.63) is 72.8 Å². The molecule has 0 spiro atoms. The lowest BCUT2D eigenvalue weighted by molar-refractivity contribution is 0.251. The summed E-state index contributed by atoms with van der Waals surface area (Å²) >= 11 is 0. The molecule has 2 amide bonds. The van der Waals surface area contributed by atoms with Crippen LogP contribution in [0, 0.1) is 6.92 Å². The van der Waals surface area contributed by atoms with E-state index in [1.807, 2.05) is 66.2 Å². The molecule has 0 aliphatic carbocycles. The lowest BCUT2D eigenvalue weighted by Gasteiger charge is -2.13. The van der Waals surface area contributed by atoms with E-state index in [9.17, 15) is 4.79 Å². The molecule has 0 saturated heterocycles. The Balaban J connectivity index is 1.47. The van der Waals surface area contributed by atoms with E-state index >= 15 is 0 Å². The Morgan fingerprint density at radius 3 is 2.85 bits per heavy atom. The summed E-state index contributed by atoms with van der Waals surface area (Å²) in [5, 5.41) is 5.74. The topological polar surface area (TPSA) is 68.2 Å². The second-order valence-electron chi connectivity index (χ2n) is 6.30. The van der Waals surface area contributed by atoms with Crippen molar-refractivity contribution < 1.29 is 9.53 Å². The first kappa shape index (κ1) is 18.5. The number of rotatable bonds is 8. The van der Waals surface area contributed by atoms with Gasteiger partial charge in [0.05, 0.1) is 12.0 Å². The Kier molecular flexibility index (Phi) is 6.46. The van der Waals surface area contributed by atoms with Crippen LogP contribution in [0.25, 0.3) is 0 Å². The van der Waals surface area contributed by atoms with Crippen molar-refractivity contribution in [2.75, 3.05) is 11.9 Å². The van der Waals surface area contributed by atoms with Gasteiger partial charge in [-0.15, -0.1) is 0 Å². The maximum absolute atomic E-state index is 12.2. The largest absolute Gasteiger partial charge is 0.455 e. The van der Waals surface area contributed by atoms with Crippen LogP contribution >= 0.6 is 0 Å². The van der Waals surface area contributed by atoms with E-state index in [1.165, 1.54) is 0 Å². The average Bonchev–Trinajstić information content (AvgIpc) is 3.17. The molecule has 0 saturated carbocycles. The van der Waals surface area contributed by atoms with Crippen LogP contribution in [0.4, 0.5) is 10.5 Å². The third-order valence-corrected chi connectivity index (χ3v) is 4.04. The van der Waals surface area contributed by atoms with Crippen LogP contribution in [-0.2, 0) is 6.54 Å². The number of unbranched alkanes of at least 4 members (excludes halogenated alkanes) is 1. The molecule has 0 bridgehead atoms. The van der Waals surface area contributed by atoms with Gasteiger partial charge in [-0.25, -0.2) is 9.78 Å². The molecule has 0 unspecified atom stereocenters. The fraction of sp³-hybridized carbons (Fsp3) is 0.238. The Labute approximate surface area is 159 Å². The van der Waals surface area contributed by atoms with E-state index < -0.39 is 0 Å². The van der Waals surface area contributed by atoms with Crippen LogP contribution in [0.15, 0.2) is 67.3 Å². The summed E-state index contributed by atoms with van der Waals surface area (Å²) in [6.45, 7) is 3.52. The van der Waals surface area contributed by atoms with E-state index in [0.717, 1.165) is 30.7 Å². The number of anilines is 1. The Hall–Kier alpha value is -3.28. The first-order chi connectivity index (χ1) is 13.2. The minimum atomic E-state index is -0.238. The van der Waals surface area contributed by atoms with E-state index in [0.29, 0.717) is 18.0 Å². The number of carbonyl (C=O) groups excluding carboxylic acids is 1. The highest BCUT2D eigenvalue weighted by Gasteiger charge is 2.08. The van der Waals surface area contributed by atoms with Crippen LogP contribution in [0.1, 0.15) is 18.4 Å². The lowest BCUT2D eigenvalue weighted by Crippen LogP contribution is -2.29. The molecule has 2 aromatic carbocycles. The van der Waals surface area contributed by atoms with Gasteiger partial charge in [-0.2, -0.15) is 0 Å². The second-order valence-corrected chi connectivity index (χ2v) is 6.30. The number of nitrogens with one attached hydrogen (secondary N) is 2. The summed E-state index contributed by atoms with van der Waals surface area (Å²) in [6.07, 6.45) is 7.37. The summed E-state index contributed by atoms with van der Waals surface area (Å²) in [6, 6.07) is 15.0. The summed E-state index contributed by atoms with van der Waals surface area (Å²) < 4.78 is 7.95. The molecule has 1 aromatic heterocycles. The molecule has 3 rings (SSSR count). The molecule has 0 radical (unpaired) electrons. The minimum Gasteiger partial charge on any atom is -0.455 e. The molecule has 2 N–H and O–H groups in total. The van der Waals surface area contributed by atoms with Gasteiger partial charge in [0.25, 0.3) is 0 Å². The molecule has 3 aromatic rings. The fourth-order valence-corrected chi connectivity index (χ4v) is 2.67. The average molecular weight is 364 g/mol. The number of nitrogens with zero attached hydrogens (tertiary/aromatic N) is 2. The normalized spacial score (nSPS) is 10.4. The molecule has 6 heteroatoms. The van der Waals surface area contributed by atoms with Gasteiger partial charge in [0.1, 0.15) is 5.75 Å². The smallest absolute Gasteiger partial charge is 0.319 e. The monoisotopic (exact) mass is 364 g/mol. The summed E-state index contributed by atoms with van der Waals surface area (Å²) in [4.78, 5) is 16.2. The van der Waals surface area contributed by atoms with Crippen LogP contribution in [0.2, 0.25) is 0 Å². The quantitative estimate of drug-likeness (QED) is 0.575. The molecule has 0 aliphatic rings. The van der Waals surface area contributed by atoms with Crippen LogP contribution in [0.5, 0.6) is 11.5 Å². The molecule has 140 valence electrons. The number of ether oxygens (including phenoxy) is 1. The predicted octanol–water partition coefficient (Wildman–Crippen LogP) is 4.59. The molecular formula is C21H24N4O2. The van der Waals surface area contributed by atoms with Crippen molar-refractivity contribution in [3.63, 3.8) is 0 Å². The van der Waals surface area contributed by atoms with Gasteiger partial charge in [0, 0.05) is 25.5 Å². The highest BCUT2D eigenvalue weighted by atomic mass is 16.5. The van der Waals surface area contributed by atoms with E-state index in [-0.39, 0.29) is 6.03 Å². The number of hydrogen-bond acceptors (Lipinski definition) is 3. The molecule has 27 heavy (non-hydrogen) atoms. The van der Waals surface area contributed by atoms with Crippen LogP contribution in [0.3, 0.4) is 0 Å². The summed E-state index contributed by atoms with van der Waals surface area (Å²) in [5.41, 5.74) is 1.75. The Bertz CT molecular complexity index is 862. The maximum Gasteiger partial charge on any atom is 0.319 e. The van der Waals surface area contributed by atoms with Gasteiger partial charge in [-0.05, 0) is 49.6 Å². The van der Waals surface area contributed by atoms with Gasteiger partial charge < -0.3 is 19.9 Å². The number of aromatic nitrogens is 2. The van der Waals surface area contributed by atoms with Crippen molar-refractivity contribution in [2.24, 2.45) is 0 Å². The molecule has 1 heterocycles. The highest BCUT2D eigenvalue weighted by molar-refractivity contribution is 5.90. The number of imidazole rings is 1. The first-order valence-corrected chi connectivity index (χ1v) is 9.05. The van der Waals surface area contributed by atoms with Crippen molar-refractivity contribution in [1.82, 2.24) is 14.9 Å². The summed E-state index contributed by atoms with van der Waals surface area (Å²) in [7, 11) is 0. The highest BCUT2D eigenvalue weighted by Crippen LogP contribution is 2.29. The number of benzene rings is 2. The lowest BCUT2D eigenvalue weighted by atomic mass is 10.2. The first-order valence-electron chi connectivity index (χ1n) is 9.05. The third-order valence-electron chi connectivity index (χ3n) is 4.04. The van der Waals surface area contributed by atoms with Crippen molar-refractivity contribution in [1.29, 1.82) is 0 Å². The predicted molar refractivity (Wildman–Crippen MR) is 106 cm³/mol. The maximum atomic E-state index is 12.2. The van der Waals surface area contributed by atoms with Crippen LogP contribution < -0.4 is 15.4 Å². The van der Waals surface area contributed by atoms with Crippen molar-refractivity contribution in [2.45, 2.75) is 26.3 Å². The van der Waals surface area contributed by atoms with Gasteiger partial charge in [-0.3, -0.25) is 0 Å². The zero-order valence-corrected chi connectivity index (χ0v) is 15.4. The molecule has 0 aliphatic heterocycles. The molecule has 0 atom stereocenters. The summed E-state index contributed by atoms with van der Waals surface area (Å²) in [5.74, 6) is 1.35. The molecule has 6 nitrogen and oxygen atoms in total. The number of carbonyl (C=O) groups is 1. The fourth-order valence-electron chi connectivity index (χ4n) is 2.67. The number of para-hydroxylation sites is 2. The zero-order chi connectivity index (χ0) is 18.9. The number of urea groups is 1. The van der Waals surface area contributed by atoms with Crippen LogP contribution in [-0.4, -0.2) is 22.1 Å². The van der Waals surface area contributed by atoms with Gasteiger partial charge in [0.15, 0.2) is 5.75 Å². The van der Waals surface area contributed by atoms with Gasteiger partial charge >= 0.3 is 6.03 Å². The third kappa shape index (κ3) is 5.88. The molecular weight excluding hydrogens is 340 g/mol. The second kappa shape index (κ2) is 9.43. The Morgan fingerprint density at radius 2 is 2.04 bits per heavy atom. The molecule has 0 fully saturated rings. The van der Waals surface area contributed by atoms with Crippen molar-refractivity contribution >= 4 is 11.7 Å². The van der Waals surface area contributed by atoms with E-state index in [2.05, 4.69) is 15.6 Å². The SMILES string of the molecule is Cc1cccc(Oc2ccccc2NC(=O)NCCCCn2ccnc2)c1. The number of hydrogen-bond donors (Lipinski definition) is 2. The minimum absolute atomic E-state index is 0.238.